The third-order valence-corrected chi connectivity index (χ3v) is 7.31. The van der Waals surface area contributed by atoms with Gasteiger partial charge in [-0.25, -0.2) is 9.07 Å². The molecule has 0 unspecified atom stereocenters. The maximum absolute atomic E-state index is 13.5. The molecule has 0 aliphatic carbocycles. The second kappa shape index (κ2) is 7.73. The zero-order valence-electron chi connectivity index (χ0n) is 15.5. The van der Waals surface area contributed by atoms with Crippen molar-refractivity contribution in [3.05, 3.63) is 52.6 Å². The van der Waals surface area contributed by atoms with Gasteiger partial charge in [-0.1, -0.05) is 25.0 Å². The number of hydrogen-bond donors (Lipinski definition) is 0. The van der Waals surface area contributed by atoms with Gasteiger partial charge < -0.3 is 0 Å². The minimum Gasteiger partial charge on any atom is -0.268 e. The lowest BCUT2D eigenvalue weighted by atomic mass is 10.1. The van der Waals surface area contributed by atoms with E-state index in [4.69, 9.17) is 0 Å². The zero-order chi connectivity index (χ0) is 19.7. The second-order valence-corrected chi connectivity index (χ2v) is 9.23. The number of aromatic nitrogens is 2. The van der Waals surface area contributed by atoms with Crippen molar-refractivity contribution < 1.29 is 12.8 Å². The van der Waals surface area contributed by atoms with Gasteiger partial charge in [-0.05, 0) is 31.0 Å². The van der Waals surface area contributed by atoms with E-state index in [-0.39, 0.29) is 30.5 Å². The fraction of sp³-hybridized carbons (Fsp3) is 0.474. The van der Waals surface area contributed by atoms with E-state index in [2.05, 4.69) is 5.10 Å². The molecule has 4 rings (SSSR count). The van der Waals surface area contributed by atoms with Crippen LogP contribution in [-0.4, -0.2) is 53.0 Å². The Morgan fingerprint density at radius 1 is 0.964 bits per heavy atom. The lowest BCUT2D eigenvalue weighted by Gasteiger charge is -2.40. The summed E-state index contributed by atoms with van der Waals surface area (Å²) in [5, 5.41) is 4.35. The largest absolute Gasteiger partial charge is 0.282 e. The molecular weight excluding hydrogens is 383 g/mol. The third kappa shape index (κ3) is 3.74. The van der Waals surface area contributed by atoms with Crippen molar-refractivity contribution in [1.29, 1.82) is 0 Å². The molecule has 2 aliphatic heterocycles. The molecule has 0 spiro atoms. The van der Waals surface area contributed by atoms with E-state index in [1.165, 1.54) is 27.2 Å². The monoisotopic (exact) mass is 406 g/mol. The summed E-state index contributed by atoms with van der Waals surface area (Å²) in [4.78, 5) is 12.3. The van der Waals surface area contributed by atoms with Crippen LogP contribution in [0.4, 0.5) is 4.39 Å². The number of benzene rings is 1. The standard InChI is InChI=1S/C19H23FN4O3S/c20-16-7-5-6-15(12-16)18-8-9-19(25)24(21-18)17-13-23(14-17)28(26,27)22-10-3-1-2-4-11-22/h5-9,12,17H,1-4,10-11,13-14H2. The summed E-state index contributed by atoms with van der Waals surface area (Å²) in [6.07, 6.45) is 3.88. The van der Waals surface area contributed by atoms with E-state index < -0.39 is 10.2 Å². The fourth-order valence-corrected chi connectivity index (χ4v) is 5.45. The summed E-state index contributed by atoms with van der Waals surface area (Å²) in [5.74, 6) is -0.379. The van der Waals surface area contributed by atoms with Crippen molar-refractivity contribution in [2.75, 3.05) is 26.2 Å². The van der Waals surface area contributed by atoms with Crippen LogP contribution in [0.3, 0.4) is 0 Å². The third-order valence-electron chi connectivity index (χ3n) is 5.34. The number of nitrogens with zero attached hydrogens (tertiary/aromatic N) is 4. The van der Waals surface area contributed by atoms with Crippen molar-refractivity contribution in [3.63, 3.8) is 0 Å². The summed E-state index contributed by atoms with van der Waals surface area (Å²) in [6, 6.07) is 8.63. The Morgan fingerprint density at radius 3 is 2.36 bits per heavy atom. The van der Waals surface area contributed by atoms with Gasteiger partial charge in [0.25, 0.3) is 15.8 Å². The Hall–Kier alpha value is -2.10. The summed E-state index contributed by atoms with van der Waals surface area (Å²) in [7, 11) is -3.50. The molecule has 2 aliphatic rings. The van der Waals surface area contributed by atoms with Gasteiger partial charge in [0.15, 0.2) is 0 Å². The molecule has 0 N–H and O–H groups in total. The maximum Gasteiger partial charge on any atom is 0.282 e. The lowest BCUT2D eigenvalue weighted by molar-refractivity contribution is 0.173. The summed E-state index contributed by atoms with van der Waals surface area (Å²) < 4.78 is 43.4. The zero-order valence-corrected chi connectivity index (χ0v) is 16.3. The molecule has 0 atom stereocenters. The normalized spacial score (nSPS) is 19.9. The fourth-order valence-electron chi connectivity index (χ4n) is 3.68. The van der Waals surface area contributed by atoms with Gasteiger partial charge >= 0.3 is 0 Å². The molecule has 0 saturated carbocycles. The van der Waals surface area contributed by atoms with E-state index in [1.807, 2.05) is 0 Å². The van der Waals surface area contributed by atoms with Crippen LogP contribution in [0.5, 0.6) is 0 Å². The van der Waals surface area contributed by atoms with Crippen molar-refractivity contribution >= 4 is 10.2 Å². The number of halogens is 1. The first kappa shape index (κ1) is 19.2. The van der Waals surface area contributed by atoms with Crippen LogP contribution in [0, 0.1) is 5.82 Å². The Balaban J connectivity index is 1.51. The first-order valence-electron chi connectivity index (χ1n) is 9.56. The average Bonchev–Trinajstić information content (AvgIpc) is 2.92. The molecule has 1 aromatic heterocycles. The van der Waals surface area contributed by atoms with Crippen LogP contribution in [0.1, 0.15) is 31.7 Å². The van der Waals surface area contributed by atoms with Crippen molar-refractivity contribution in [2.45, 2.75) is 31.7 Å². The predicted octanol–water partition coefficient (Wildman–Crippen LogP) is 2.03. The summed E-state index contributed by atoms with van der Waals surface area (Å²) >= 11 is 0. The molecule has 0 amide bonds. The van der Waals surface area contributed by atoms with E-state index in [9.17, 15) is 17.6 Å². The smallest absolute Gasteiger partial charge is 0.268 e. The highest BCUT2D eigenvalue weighted by Gasteiger charge is 2.41. The van der Waals surface area contributed by atoms with E-state index >= 15 is 0 Å². The minimum absolute atomic E-state index is 0.221. The molecule has 2 aromatic rings. The van der Waals surface area contributed by atoms with Gasteiger partial charge in [-0.2, -0.15) is 22.1 Å². The van der Waals surface area contributed by atoms with Crippen LogP contribution >= 0.6 is 0 Å². The lowest BCUT2D eigenvalue weighted by Crippen LogP contribution is -2.57. The highest BCUT2D eigenvalue weighted by molar-refractivity contribution is 7.86. The predicted molar refractivity (Wildman–Crippen MR) is 103 cm³/mol. The van der Waals surface area contributed by atoms with E-state index in [0.717, 1.165) is 25.7 Å². The molecule has 1 aromatic carbocycles. The van der Waals surface area contributed by atoms with Crippen LogP contribution in [0.2, 0.25) is 0 Å². The molecule has 9 heteroatoms. The van der Waals surface area contributed by atoms with Gasteiger partial charge in [-0.15, -0.1) is 0 Å². The molecule has 150 valence electrons. The first-order valence-corrected chi connectivity index (χ1v) is 11.0. The molecule has 2 fully saturated rings. The minimum atomic E-state index is -3.50. The van der Waals surface area contributed by atoms with Crippen LogP contribution in [-0.2, 0) is 10.2 Å². The van der Waals surface area contributed by atoms with Gasteiger partial charge in [-0.3, -0.25) is 4.79 Å². The highest BCUT2D eigenvalue weighted by atomic mass is 32.2. The van der Waals surface area contributed by atoms with E-state index in [1.54, 1.807) is 22.5 Å². The molecular formula is C19H23FN4O3S. The second-order valence-electron chi connectivity index (χ2n) is 7.30. The van der Waals surface area contributed by atoms with Gasteiger partial charge in [0.2, 0.25) is 0 Å². The van der Waals surface area contributed by atoms with Crippen LogP contribution in [0.25, 0.3) is 11.3 Å². The van der Waals surface area contributed by atoms with Crippen molar-refractivity contribution in [1.82, 2.24) is 18.4 Å². The number of rotatable bonds is 4. The number of hydrogen-bond acceptors (Lipinski definition) is 4. The summed E-state index contributed by atoms with van der Waals surface area (Å²) in [5.41, 5.74) is 0.756. The topological polar surface area (TPSA) is 75.5 Å². The molecule has 0 bridgehead atoms. The Morgan fingerprint density at radius 2 is 1.68 bits per heavy atom. The Labute approximate surface area is 163 Å². The van der Waals surface area contributed by atoms with Gasteiger partial charge in [0, 0.05) is 37.8 Å². The van der Waals surface area contributed by atoms with Gasteiger partial charge in [0.05, 0.1) is 11.7 Å². The molecule has 7 nitrogen and oxygen atoms in total. The molecule has 0 radical (unpaired) electrons. The summed E-state index contributed by atoms with van der Waals surface area (Å²) in [6.45, 7) is 1.55. The van der Waals surface area contributed by atoms with Crippen LogP contribution in [0.15, 0.2) is 41.2 Å². The van der Waals surface area contributed by atoms with Crippen molar-refractivity contribution in [2.24, 2.45) is 0 Å². The highest BCUT2D eigenvalue weighted by Crippen LogP contribution is 2.27. The molecule has 28 heavy (non-hydrogen) atoms. The first-order chi connectivity index (χ1) is 13.4. The molecule has 2 saturated heterocycles. The average molecular weight is 406 g/mol. The van der Waals surface area contributed by atoms with Crippen molar-refractivity contribution in [3.8, 4) is 11.3 Å². The quantitative estimate of drug-likeness (QED) is 0.779. The molecule has 3 heterocycles. The Kier molecular flexibility index (Phi) is 5.31. The Bertz CT molecular complexity index is 1010. The maximum atomic E-state index is 13.5. The van der Waals surface area contributed by atoms with Gasteiger partial charge in [0.1, 0.15) is 5.82 Å². The van der Waals surface area contributed by atoms with Crippen LogP contribution < -0.4 is 5.56 Å². The van der Waals surface area contributed by atoms with E-state index in [0.29, 0.717) is 24.3 Å². The SMILES string of the molecule is O=c1ccc(-c2cccc(F)c2)nn1C1CN(S(=O)(=O)N2CCCCCC2)C1.